The van der Waals surface area contributed by atoms with Gasteiger partial charge in [-0.2, -0.15) is 0 Å². The molecule has 0 bridgehead atoms. The number of anilines is 2. The maximum atomic E-state index is 4.48. The van der Waals surface area contributed by atoms with Gasteiger partial charge in [-0.3, -0.25) is 0 Å². The molecule has 3 N–H and O–H groups in total. The number of nitrogens with zero attached hydrogens (tertiary/aromatic N) is 4. The van der Waals surface area contributed by atoms with Crippen molar-refractivity contribution in [2.75, 3.05) is 30.4 Å². The second-order valence-electron chi connectivity index (χ2n) is 5.64. The maximum Gasteiger partial charge on any atom is 0.200 e. The highest BCUT2D eigenvalue weighted by atomic mass is 15.2. The molecule has 0 aromatic carbocycles. The van der Waals surface area contributed by atoms with E-state index in [1.807, 2.05) is 25.5 Å². The first-order chi connectivity index (χ1) is 10.8. The van der Waals surface area contributed by atoms with Crippen LogP contribution >= 0.6 is 0 Å². The molecule has 0 radical (unpaired) electrons. The van der Waals surface area contributed by atoms with Crippen molar-refractivity contribution in [1.29, 1.82) is 0 Å². The summed E-state index contributed by atoms with van der Waals surface area (Å²) in [5.74, 6) is 2.40. The Bertz CT molecular complexity index is 767. The van der Waals surface area contributed by atoms with E-state index in [4.69, 9.17) is 0 Å². The number of aromatic amines is 2. The van der Waals surface area contributed by atoms with Gasteiger partial charge in [0.1, 0.15) is 17.8 Å². The summed E-state index contributed by atoms with van der Waals surface area (Å²) in [7, 11) is 1.88. The SMILES string of the molecule is CNc1ncc(C2CCN(c3ncnc4[nH]ccc34)CC2)[nH]1. The Morgan fingerprint density at radius 3 is 2.86 bits per heavy atom. The summed E-state index contributed by atoms with van der Waals surface area (Å²) in [6, 6.07) is 2.05. The van der Waals surface area contributed by atoms with Crippen molar-refractivity contribution >= 4 is 22.8 Å². The third-order valence-corrected chi connectivity index (χ3v) is 4.40. The fraction of sp³-hybridized carbons (Fsp3) is 0.400. The van der Waals surface area contributed by atoms with E-state index in [2.05, 4.69) is 35.1 Å². The molecule has 0 spiro atoms. The average Bonchev–Trinajstić information content (AvgIpc) is 3.23. The number of nitrogens with one attached hydrogen (secondary N) is 3. The first-order valence-electron chi connectivity index (χ1n) is 7.61. The van der Waals surface area contributed by atoms with Gasteiger partial charge in [-0.05, 0) is 18.9 Å². The molecule has 22 heavy (non-hydrogen) atoms. The summed E-state index contributed by atoms with van der Waals surface area (Å²) in [6.07, 6.45) is 7.69. The van der Waals surface area contributed by atoms with E-state index in [-0.39, 0.29) is 0 Å². The van der Waals surface area contributed by atoms with Crippen LogP contribution in [0, 0.1) is 0 Å². The van der Waals surface area contributed by atoms with Gasteiger partial charge in [0.25, 0.3) is 0 Å². The highest BCUT2D eigenvalue weighted by Crippen LogP contribution is 2.31. The summed E-state index contributed by atoms with van der Waals surface area (Å²) in [6.45, 7) is 1.99. The van der Waals surface area contributed by atoms with Crippen molar-refractivity contribution in [1.82, 2.24) is 24.9 Å². The van der Waals surface area contributed by atoms with Gasteiger partial charge in [-0.15, -0.1) is 0 Å². The molecule has 1 aliphatic heterocycles. The summed E-state index contributed by atoms with van der Waals surface area (Å²) in [4.78, 5) is 21.9. The Morgan fingerprint density at radius 1 is 1.23 bits per heavy atom. The van der Waals surface area contributed by atoms with E-state index in [0.717, 1.165) is 48.7 Å². The van der Waals surface area contributed by atoms with Gasteiger partial charge in [-0.1, -0.05) is 0 Å². The third kappa shape index (κ3) is 2.18. The fourth-order valence-electron chi connectivity index (χ4n) is 3.18. The third-order valence-electron chi connectivity index (χ3n) is 4.40. The number of fused-ring (bicyclic) bond motifs is 1. The van der Waals surface area contributed by atoms with Gasteiger partial charge in [-0.25, -0.2) is 15.0 Å². The summed E-state index contributed by atoms with van der Waals surface area (Å²) >= 11 is 0. The van der Waals surface area contributed by atoms with Gasteiger partial charge in [0.2, 0.25) is 0 Å². The minimum Gasteiger partial charge on any atom is -0.359 e. The van der Waals surface area contributed by atoms with E-state index in [0.29, 0.717) is 5.92 Å². The van der Waals surface area contributed by atoms with Crippen LogP contribution in [0.15, 0.2) is 24.8 Å². The zero-order valence-electron chi connectivity index (χ0n) is 12.5. The molecule has 4 rings (SSSR count). The van der Waals surface area contributed by atoms with Crippen LogP contribution < -0.4 is 10.2 Å². The molecular weight excluding hydrogens is 278 g/mol. The van der Waals surface area contributed by atoms with Crippen LogP contribution in [0.25, 0.3) is 11.0 Å². The Kier molecular flexibility index (Phi) is 3.17. The maximum absolute atomic E-state index is 4.48. The lowest BCUT2D eigenvalue weighted by atomic mass is 9.94. The molecule has 7 nitrogen and oxygen atoms in total. The molecule has 0 saturated carbocycles. The van der Waals surface area contributed by atoms with Gasteiger partial charge >= 0.3 is 0 Å². The molecule has 7 heteroatoms. The Labute approximate surface area is 128 Å². The molecule has 0 unspecified atom stereocenters. The Morgan fingerprint density at radius 2 is 2.09 bits per heavy atom. The van der Waals surface area contributed by atoms with Gasteiger partial charge in [0.15, 0.2) is 5.95 Å². The van der Waals surface area contributed by atoms with E-state index < -0.39 is 0 Å². The van der Waals surface area contributed by atoms with Crippen LogP contribution in [-0.2, 0) is 0 Å². The van der Waals surface area contributed by atoms with Crippen molar-refractivity contribution in [3.05, 3.63) is 30.5 Å². The molecule has 114 valence electrons. The highest BCUT2D eigenvalue weighted by Gasteiger charge is 2.24. The van der Waals surface area contributed by atoms with Crippen molar-refractivity contribution in [3.8, 4) is 0 Å². The van der Waals surface area contributed by atoms with Crippen molar-refractivity contribution in [3.63, 3.8) is 0 Å². The van der Waals surface area contributed by atoms with Crippen LogP contribution in [0.4, 0.5) is 11.8 Å². The molecule has 1 saturated heterocycles. The molecule has 0 atom stereocenters. The Hall–Kier alpha value is -2.57. The molecule has 0 amide bonds. The van der Waals surface area contributed by atoms with Gasteiger partial charge in [0.05, 0.1) is 11.6 Å². The standard InChI is InChI=1S/C15H19N7/c1-16-15-18-8-12(21-15)10-3-6-22(7-4-10)14-11-2-5-17-13(11)19-9-20-14/h2,5,8-10H,3-4,6-7H2,1H3,(H2,16,18,21)(H,17,19,20). The van der Waals surface area contributed by atoms with Crippen LogP contribution in [0.5, 0.6) is 0 Å². The number of aromatic nitrogens is 5. The van der Waals surface area contributed by atoms with Gasteiger partial charge < -0.3 is 20.2 Å². The first-order valence-corrected chi connectivity index (χ1v) is 7.61. The molecule has 0 aliphatic carbocycles. The summed E-state index contributed by atoms with van der Waals surface area (Å²) in [5.41, 5.74) is 2.12. The molecule has 1 fully saturated rings. The van der Waals surface area contributed by atoms with Crippen LogP contribution in [0.1, 0.15) is 24.5 Å². The number of imidazole rings is 1. The molecule has 1 aliphatic rings. The topological polar surface area (TPSA) is 85.5 Å². The first kappa shape index (κ1) is 13.1. The van der Waals surface area contributed by atoms with Crippen LogP contribution in [0.2, 0.25) is 0 Å². The van der Waals surface area contributed by atoms with Crippen LogP contribution in [-0.4, -0.2) is 45.1 Å². The van der Waals surface area contributed by atoms with Crippen molar-refractivity contribution in [2.24, 2.45) is 0 Å². The highest BCUT2D eigenvalue weighted by molar-refractivity contribution is 5.87. The molecule has 3 aromatic heterocycles. The predicted molar refractivity (Wildman–Crippen MR) is 86.2 cm³/mol. The molecule has 4 heterocycles. The van der Waals surface area contributed by atoms with E-state index in [1.165, 1.54) is 5.69 Å². The zero-order valence-corrected chi connectivity index (χ0v) is 12.5. The fourth-order valence-corrected chi connectivity index (χ4v) is 3.18. The number of piperidine rings is 1. The number of hydrogen-bond donors (Lipinski definition) is 3. The van der Waals surface area contributed by atoms with E-state index in [1.54, 1.807) is 6.33 Å². The van der Waals surface area contributed by atoms with E-state index >= 15 is 0 Å². The number of rotatable bonds is 3. The lowest BCUT2D eigenvalue weighted by Crippen LogP contribution is -2.33. The quantitative estimate of drug-likeness (QED) is 0.689. The number of H-pyrrole nitrogens is 2. The predicted octanol–water partition coefficient (Wildman–Crippen LogP) is 2.11. The average molecular weight is 297 g/mol. The second-order valence-corrected chi connectivity index (χ2v) is 5.64. The van der Waals surface area contributed by atoms with Crippen molar-refractivity contribution < 1.29 is 0 Å². The van der Waals surface area contributed by atoms with Gasteiger partial charge in [0, 0.05) is 37.9 Å². The minimum atomic E-state index is 0.536. The monoisotopic (exact) mass is 297 g/mol. The van der Waals surface area contributed by atoms with Crippen molar-refractivity contribution in [2.45, 2.75) is 18.8 Å². The smallest absolute Gasteiger partial charge is 0.200 e. The lowest BCUT2D eigenvalue weighted by Gasteiger charge is -2.32. The largest absolute Gasteiger partial charge is 0.359 e. The minimum absolute atomic E-state index is 0.536. The van der Waals surface area contributed by atoms with E-state index in [9.17, 15) is 0 Å². The summed E-state index contributed by atoms with van der Waals surface area (Å²) in [5, 5.41) is 4.14. The Balaban J connectivity index is 1.51. The molecular formula is C15H19N7. The normalized spacial score (nSPS) is 16.3. The zero-order chi connectivity index (χ0) is 14.9. The lowest BCUT2D eigenvalue weighted by molar-refractivity contribution is 0.496. The second kappa shape index (κ2) is 5.32. The number of hydrogen-bond acceptors (Lipinski definition) is 5. The molecule has 3 aromatic rings. The summed E-state index contributed by atoms with van der Waals surface area (Å²) < 4.78 is 0. The van der Waals surface area contributed by atoms with Crippen LogP contribution in [0.3, 0.4) is 0 Å².